The van der Waals surface area contributed by atoms with Gasteiger partial charge in [0.2, 0.25) is 11.1 Å². The van der Waals surface area contributed by atoms with Crippen molar-refractivity contribution < 1.29 is 9.59 Å². The first-order valence-corrected chi connectivity index (χ1v) is 8.57. The van der Waals surface area contributed by atoms with Crippen molar-refractivity contribution in [2.45, 2.75) is 55.9 Å². The van der Waals surface area contributed by atoms with Gasteiger partial charge in [-0.05, 0) is 19.3 Å². The van der Waals surface area contributed by atoms with Crippen LogP contribution in [-0.4, -0.2) is 39.4 Å². The molecule has 0 aromatic carbocycles. The minimum absolute atomic E-state index is 0.360. The minimum atomic E-state index is -0.510. The molecule has 0 aliphatic heterocycles. The summed E-state index contributed by atoms with van der Waals surface area (Å²) in [6.07, 6.45) is 7.39. The second kappa shape index (κ2) is 8.17. The van der Waals surface area contributed by atoms with Crippen LogP contribution < -0.4 is 10.6 Å². The number of aromatic amines is 1. The molecule has 2 rings (SSSR count). The number of nitrogens with one attached hydrogen (secondary N) is 3. The largest absolute Gasteiger partial charge is 0.341 e. The summed E-state index contributed by atoms with van der Waals surface area (Å²) in [6, 6.07) is -0.510. The highest BCUT2D eigenvalue weighted by molar-refractivity contribution is 8.00. The van der Waals surface area contributed by atoms with Gasteiger partial charge in [0.25, 0.3) is 0 Å². The second-order valence-electron chi connectivity index (χ2n) is 5.58. The molecule has 1 aromatic rings. The number of rotatable bonds is 6. The molecule has 7 nitrogen and oxygen atoms in total. The summed E-state index contributed by atoms with van der Waals surface area (Å²) in [4.78, 5) is 27.3. The molecule has 1 heterocycles. The van der Waals surface area contributed by atoms with E-state index in [1.807, 2.05) is 0 Å². The van der Waals surface area contributed by atoms with Crippen LogP contribution >= 0.6 is 11.8 Å². The molecule has 0 radical (unpaired) electrons. The number of H-pyrrole nitrogens is 1. The number of amides is 3. The summed E-state index contributed by atoms with van der Waals surface area (Å²) in [7, 11) is 1.46. The lowest BCUT2D eigenvalue weighted by Gasteiger charge is -2.08. The van der Waals surface area contributed by atoms with Crippen LogP contribution in [0.4, 0.5) is 4.79 Å². The van der Waals surface area contributed by atoms with Gasteiger partial charge in [0, 0.05) is 13.5 Å². The van der Waals surface area contributed by atoms with Crippen molar-refractivity contribution in [3.8, 4) is 0 Å². The zero-order chi connectivity index (χ0) is 15.9. The van der Waals surface area contributed by atoms with E-state index in [9.17, 15) is 9.59 Å². The zero-order valence-corrected chi connectivity index (χ0v) is 13.8. The second-order valence-corrected chi connectivity index (χ2v) is 6.89. The standard InChI is InChI=1S/C14H23N5O2S/c1-9(12(20)17-13(21)15-2)22-14-16-11(18-19-14)8-7-10-5-3-4-6-10/h9-10H,3-8H2,1-2H3,(H,16,18,19)(H2,15,17,20,21)/t9-/m0/s1. The summed E-state index contributed by atoms with van der Waals surface area (Å²) >= 11 is 1.24. The Labute approximate surface area is 134 Å². The van der Waals surface area contributed by atoms with Crippen LogP contribution in [0.15, 0.2) is 5.16 Å². The van der Waals surface area contributed by atoms with E-state index in [0.29, 0.717) is 5.16 Å². The molecule has 3 amide bonds. The summed E-state index contributed by atoms with van der Waals surface area (Å²) < 4.78 is 0. The predicted molar refractivity (Wildman–Crippen MR) is 84.6 cm³/mol. The number of aryl methyl sites for hydroxylation is 1. The highest BCUT2D eigenvalue weighted by Gasteiger charge is 2.19. The number of thioether (sulfide) groups is 1. The van der Waals surface area contributed by atoms with Crippen LogP contribution in [0.3, 0.4) is 0 Å². The van der Waals surface area contributed by atoms with Crippen molar-refractivity contribution in [1.29, 1.82) is 0 Å². The van der Waals surface area contributed by atoms with Gasteiger partial charge in [0.05, 0.1) is 5.25 Å². The van der Waals surface area contributed by atoms with Crippen LogP contribution in [0.5, 0.6) is 0 Å². The van der Waals surface area contributed by atoms with E-state index in [1.54, 1.807) is 6.92 Å². The van der Waals surface area contributed by atoms with E-state index >= 15 is 0 Å². The van der Waals surface area contributed by atoms with E-state index in [-0.39, 0.29) is 5.91 Å². The van der Waals surface area contributed by atoms with Crippen molar-refractivity contribution >= 4 is 23.7 Å². The van der Waals surface area contributed by atoms with E-state index in [2.05, 4.69) is 25.8 Å². The normalized spacial score (nSPS) is 16.5. The first-order chi connectivity index (χ1) is 10.6. The maximum absolute atomic E-state index is 11.8. The Morgan fingerprint density at radius 3 is 2.82 bits per heavy atom. The first-order valence-electron chi connectivity index (χ1n) is 7.69. The van der Waals surface area contributed by atoms with Crippen molar-refractivity contribution in [1.82, 2.24) is 25.8 Å². The van der Waals surface area contributed by atoms with Gasteiger partial charge in [-0.2, -0.15) is 0 Å². The van der Waals surface area contributed by atoms with Gasteiger partial charge < -0.3 is 5.32 Å². The molecule has 1 aromatic heterocycles. The fourth-order valence-corrected chi connectivity index (χ4v) is 3.31. The monoisotopic (exact) mass is 325 g/mol. The van der Waals surface area contributed by atoms with E-state index in [0.717, 1.165) is 24.6 Å². The molecule has 1 fully saturated rings. The molecule has 0 unspecified atom stereocenters. The summed E-state index contributed by atoms with van der Waals surface area (Å²) in [5.74, 6) is 1.33. The Morgan fingerprint density at radius 1 is 1.41 bits per heavy atom. The predicted octanol–water partition coefficient (Wildman–Crippen LogP) is 1.86. The fraction of sp³-hybridized carbons (Fsp3) is 0.714. The van der Waals surface area contributed by atoms with Gasteiger partial charge in [-0.3, -0.25) is 15.2 Å². The lowest BCUT2D eigenvalue weighted by atomic mass is 10.0. The minimum Gasteiger partial charge on any atom is -0.341 e. The first kappa shape index (κ1) is 16.8. The average Bonchev–Trinajstić information content (AvgIpc) is 3.16. The van der Waals surface area contributed by atoms with E-state index < -0.39 is 11.3 Å². The lowest BCUT2D eigenvalue weighted by molar-refractivity contribution is -0.119. The molecule has 1 atom stereocenters. The van der Waals surface area contributed by atoms with Gasteiger partial charge in [-0.15, -0.1) is 5.10 Å². The number of nitrogens with zero attached hydrogens (tertiary/aromatic N) is 2. The summed E-state index contributed by atoms with van der Waals surface area (Å²) in [5, 5.41) is 11.8. The van der Waals surface area contributed by atoms with Crippen LogP contribution in [0.2, 0.25) is 0 Å². The molecule has 0 bridgehead atoms. The molecule has 1 aliphatic rings. The molecule has 3 N–H and O–H groups in total. The van der Waals surface area contributed by atoms with Crippen molar-refractivity contribution in [2.24, 2.45) is 5.92 Å². The molecule has 1 saturated carbocycles. The van der Waals surface area contributed by atoms with E-state index in [4.69, 9.17) is 0 Å². The summed E-state index contributed by atoms with van der Waals surface area (Å²) in [5.41, 5.74) is 0. The van der Waals surface area contributed by atoms with Crippen LogP contribution in [0.25, 0.3) is 0 Å². The third kappa shape index (κ3) is 5.01. The number of urea groups is 1. The molecule has 8 heteroatoms. The number of aromatic nitrogens is 3. The zero-order valence-electron chi connectivity index (χ0n) is 13.0. The topological polar surface area (TPSA) is 99.8 Å². The SMILES string of the molecule is CNC(=O)NC(=O)[C@H](C)Sc1n[nH]c(CCC2CCCC2)n1. The molecular formula is C14H23N5O2S. The van der Waals surface area contributed by atoms with Gasteiger partial charge in [-0.25, -0.2) is 9.78 Å². The maximum Gasteiger partial charge on any atom is 0.321 e. The quantitative estimate of drug-likeness (QED) is 0.693. The third-order valence-corrected chi connectivity index (χ3v) is 4.85. The average molecular weight is 325 g/mol. The number of hydrogen-bond donors (Lipinski definition) is 3. The number of imide groups is 1. The van der Waals surface area contributed by atoms with E-state index in [1.165, 1.54) is 44.5 Å². The Kier molecular flexibility index (Phi) is 6.23. The maximum atomic E-state index is 11.8. The van der Waals surface area contributed by atoms with Crippen LogP contribution in [0, 0.1) is 5.92 Å². The van der Waals surface area contributed by atoms with Crippen molar-refractivity contribution in [2.75, 3.05) is 7.05 Å². The van der Waals surface area contributed by atoms with Gasteiger partial charge >= 0.3 is 6.03 Å². The smallest absolute Gasteiger partial charge is 0.321 e. The van der Waals surface area contributed by atoms with Crippen molar-refractivity contribution in [3.05, 3.63) is 5.82 Å². The molecule has 0 saturated heterocycles. The highest BCUT2D eigenvalue weighted by atomic mass is 32.2. The van der Waals surface area contributed by atoms with Crippen LogP contribution in [-0.2, 0) is 11.2 Å². The molecule has 1 aliphatic carbocycles. The Balaban J connectivity index is 1.78. The summed E-state index contributed by atoms with van der Waals surface area (Å²) in [6.45, 7) is 1.72. The number of carbonyl (C=O) groups is 2. The number of hydrogen-bond acceptors (Lipinski definition) is 5. The molecule has 0 spiro atoms. The van der Waals surface area contributed by atoms with Crippen molar-refractivity contribution in [3.63, 3.8) is 0 Å². The lowest BCUT2D eigenvalue weighted by Crippen LogP contribution is -2.41. The molecule has 122 valence electrons. The Morgan fingerprint density at radius 2 is 2.14 bits per heavy atom. The molecule has 22 heavy (non-hydrogen) atoms. The number of carbonyl (C=O) groups excluding carboxylic acids is 2. The van der Waals surface area contributed by atoms with Gasteiger partial charge in [-0.1, -0.05) is 37.4 Å². The van der Waals surface area contributed by atoms with Gasteiger partial charge in [0.15, 0.2) is 0 Å². The molecular weight excluding hydrogens is 302 g/mol. The van der Waals surface area contributed by atoms with Crippen LogP contribution in [0.1, 0.15) is 44.9 Å². The Hall–Kier alpha value is -1.57. The Bertz CT molecular complexity index is 513. The highest BCUT2D eigenvalue weighted by Crippen LogP contribution is 2.28. The fourth-order valence-electron chi connectivity index (χ4n) is 2.57. The van der Waals surface area contributed by atoms with Gasteiger partial charge in [0.1, 0.15) is 5.82 Å². The third-order valence-electron chi connectivity index (χ3n) is 3.89.